The molecule has 0 fully saturated rings. The van der Waals surface area contributed by atoms with Crippen molar-refractivity contribution in [1.29, 1.82) is 0 Å². The molecule has 0 aromatic rings. The lowest BCUT2D eigenvalue weighted by Gasteiger charge is -2.23. The Morgan fingerprint density at radius 1 is 0.778 bits per heavy atom. The van der Waals surface area contributed by atoms with Crippen molar-refractivity contribution >= 4 is 8.07 Å². The van der Waals surface area contributed by atoms with E-state index in [2.05, 4.69) is 32.5 Å². The van der Waals surface area contributed by atoms with Crippen LogP contribution in [0.3, 0.4) is 0 Å². The highest BCUT2D eigenvalue weighted by Crippen LogP contribution is 2.22. The first-order valence-corrected chi connectivity index (χ1v) is 10.7. The molecule has 0 aliphatic rings. The summed E-state index contributed by atoms with van der Waals surface area (Å²) in [4.78, 5) is 0. The van der Waals surface area contributed by atoms with E-state index >= 15 is 0 Å². The van der Waals surface area contributed by atoms with E-state index in [0.717, 1.165) is 6.42 Å². The van der Waals surface area contributed by atoms with Crippen LogP contribution < -0.4 is 0 Å². The Hall–Kier alpha value is -0.0831. The smallest absolute Gasteiger partial charge is 0.0766 e. The fraction of sp³-hybridized carbons (Fsp3) is 0.875. The molecule has 2 heteroatoms. The van der Waals surface area contributed by atoms with Crippen molar-refractivity contribution in [3.63, 3.8) is 0 Å². The van der Waals surface area contributed by atoms with Gasteiger partial charge in [0, 0.05) is 6.61 Å². The molecule has 0 saturated heterocycles. The normalized spacial score (nSPS) is 12.4. The van der Waals surface area contributed by atoms with Crippen molar-refractivity contribution in [2.24, 2.45) is 0 Å². The minimum absolute atomic E-state index is 0.362. The van der Waals surface area contributed by atoms with Crippen molar-refractivity contribution in [3.8, 4) is 0 Å². The van der Waals surface area contributed by atoms with Gasteiger partial charge in [0.2, 0.25) is 0 Å². The van der Waals surface area contributed by atoms with Crippen LogP contribution in [0.1, 0.15) is 65.7 Å². The molecule has 0 amide bonds. The molecule has 0 rings (SSSR count). The molecular weight excluding hydrogens is 236 g/mol. The first-order valence-electron chi connectivity index (χ1n) is 8.03. The molecule has 0 radical (unpaired) electrons. The second-order valence-corrected chi connectivity index (χ2v) is 10.6. The Bertz CT molecular complexity index is 189. The maximum atomic E-state index is 8.68. The number of rotatable bonds is 12. The summed E-state index contributed by atoms with van der Waals surface area (Å²) in [6.07, 6.45) is 11.3. The van der Waals surface area contributed by atoms with E-state index in [4.69, 9.17) is 5.11 Å². The maximum Gasteiger partial charge on any atom is 0.0766 e. The molecule has 0 atom stereocenters. The first kappa shape index (κ1) is 17.9. The van der Waals surface area contributed by atoms with Crippen LogP contribution in [0.25, 0.3) is 0 Å². The SMILES string of the molecule is CC[Si](/C=C/CCCCCCCCO)(CC)CC. The molecule has 0 aromatic heterocycles. The lowest BCUT2D eigenvalue weighted by Crippen LogP contribution is -2.28. The van der Waals surface area contributed by atoms with Gasteiger partial charge < -0.3 is 5.11 Å². The zero-order valence-electron chi connectivity index (χ0n) is 12.9. The van der Waals surface area contributed by atoms with Crippen LogP contribution in [0.15, 0.2) is 11.8 Å². The highest BCUT2D eigenvalue weighted by molar-refractivity contribution is 6.84. The molecule has 0 bridgehead atoms. The van der Waals surface area contributed by atoms with Crippen LogP contribution >= 0.6 is 0 Å². The fourth-order valence-corrected chi connectivity index (χ4v) is 5.39. The molecule has 108 valence electrons. The van der Waals surface area contributed by atoms with Gasteiger partial charge >= 0.3 is 0 Å². The van der Waals surface area contributed by atoms with E-state index in [1.807, 2.05) is 0 Å². The number of hydrogen-bond donors (Lipinski definition) is 1. The molecular formula is C16H34OSi. The van der Waals surface area contributed by atoms with Gasteiger partial charge in [-0.2, -0.15) is 0 Å². The van der Waals surface area contributed by atoms with Crippen LogP contribution in [0, 0.1) is 0 Å². The van der Waals surface area contributed by atoms with Gasteiger partial charge in [-0.25, -0.2) is 0 Å². The van der Waals surface area contributed by atoms with Crippen LogP contribution in [-0.2, 0) is 0 Å². The molecule has 0 aromatic carbocycles. The monoisotopic (exact) mass is 270 g/mol. The van der Waals surface area contributed by atoms with E-state index in [1.165, 1.54) is 56.7 Å². The molecule has 0 aliphatic heterocycles. The van der Waals surface area contributed by atoms with Gasteiger partial charge in [0.15, 0.2) is 0 Å². The van der Waals surface area contributed by atoms with E-state index in [9.17, 15) is 0 Å². The lowest BCUT2D eigenvalue weighted by atomic mass is 10.1. The number of aliphatic hydroxyl groups excluding tert-OH is 1. The topological polar surface area (TPSA) is 20.2 Å². The van der Waals surface area contributed by atoms with E-state index < -0.39 is 8.07 Å². The highest BCUT2D eigenvalue weighted by atomic mass is 28.3. The summed E-state index contributed by atoms with van der Waals surface area (Å²) >= 11 is 0. The predicted molar refractivity (Wildman–Crippen MR) is 85.7 cm³/mol. The van der Waals surface area contributed by atoms with Crippen molar-refractivity contribution in [1.82, 2.24) is 0 Å². The van der Waals surface area contributed by atoms with Crippen molar-refractivity contribution < 1.29 is 5.11 Å². The highest BCUT2D eigenvalue weighted by Gasteiger charge is 2.22. The summed E-state index contributed by atoms with van der Waals surface area (Å²) in [6.45, 7) is 7.46. The molecule has 0 aliphatic carbocycles. The second kappa shape index (κ2) is 12.0. The van der Waals surface area contributed by atoms with Gasteiger partial charge in [0.05, 0.1) is 8.07 Å². The Morgan fingerprint density at radius 3 is 1.78 bits per heavy atom. The van der Waals surface area contributed by atoms with Gasteiger partial charge in [0.25, 0.3) is 0 Å². The predicted octanol–water partition coefficient (Wildman–Crippen LogP) is 5.31. The van der Waals surface area contributed by atoms with Gasteiger partial charge in [-0.05, 0) is 19.3 Å². The minimum Gasteiger partial charge on any atom is -0.396 e. The second-order valence-electron chi connectivity index (χ2n) is 5.46. The Morgan fingerprint density at radius 2 is 1.28 bits per heavy atom. The number of allylic oxidation sites excluding steroid dienone is 1. The largest absolute Gasteiger partial charge is 0.396 e. The van der Waals surface area contributed by atoms with Gasteiger partial charge in [-0.15, -0.1) is 0 Å². The molecule has 0 unspecified atom stereocenters. The summed E-state index contributed by atoms with van der Waals surface area (Å²) in [7, 11) is -1.01. The molecule has 1 N–H and O–H groups in total. The van der Waals surface area contributed by atoms with Crippen LogP contribution in [0.2, 0.25) is 18.1 Å². The molecule has 1 nitrogen and oxygen atoms in total. The third-order valence-electron chi connectivity index (χ3n) is 4.36. The van der Waals surface area contributed by atoms with Gasteiger partial charge in [-0.1, -0.05) is 76.4 Å². The Labute approximate surface area is 116 Å². The van der Waals surface area contributed by atoms with Crippen LogP contribution in [-0.4, -0.2) is 19.8 Å². The van der Waals surface area contributed by atoms with Crippen molar-refractivity contribution in [2.75, 3.05) is 6.61 Å². The molecule has 0 spiro atoms. The summed E-state index contributed by atoms with van der Waals surface area (Å²) in [6, 6.07) is 4.20. The zero-order chi connectivity index (χ0) is 13.7. The summed E-state index contributed by atoms with van der Waals surface area (Å²) < 4.78 is 0. The average molecular weight is 271 g/mol. The van der Waals surface area contributed by atoms with Crippen LogP contribution in [0.4, 0.5) is 0 Å². The van der Waals surface area contributed by atoms with E-state index in [0.29, 0.717) is 6.61 Å². The zero-order valence-corrected chi connectivity index (χ0v) is 13.9. The summed E-state index contributed by atoms with van der Waals surface area (Å²) in [5, 5.41) is 8.68. The number of aliphatic hydroxyl groups is 1. The third kappa shape index (κ3) is 8.10. The Balaban J connectivity index is 3.58. The minimum atomic E-state index is -1.01. The standard InChI is InChI=1S/C16H34OSi/c1-4-18(5-2,6-3)16-14-12-10-8-7-9-11-13-15-17/h14,16-17H,4-13,15H2,1-3H3/b16-14+. The lowest BCUT2D eigenvalue weighted by molar-refractivity contribution is 0.282. The van der Waals surface area contributed by atoms with Gasteiger partial charge in [0.1, 0.15) is 0 Å². The van der Waals surface area contributed by atoms with E-state index in [1.54, 1.807) is 0 Å². The fourth-order valence-electron chi connectivity index (χ4n) is 2.52. The number of unbranched alkanes of at least 4 members (excludes halogenated alkanes) is 6. The summed E-state index contributed by atoms with van der Waals surface area (Å²) in [5.41, 5.74) is 2.61. The van der Waals surface area contributed by atoms with Gasteiger partial charge in [-0.3, -0.25) is 0 Å². The molecule has 0 heterocycles. The van der Waals surface area contributed by atoms with Crippen LogP contribution in [0.5, 0.6) is 0 Å². The quantitative estimate of drug-likeness (QED) is 0.376. The average Bonchev–Trinajstić information content (AvgIpc) is 2.42. The number of hydrogen-bond acceptors (Lipinski definition) is 1. The molecule has 18 heavy (non-hydrogen) atoms. The molecule has 0 saturated carbocycles. The first-order chi connectivity index (χ1) is 8.74. The van der Waals surface area contributed by atoms with Crippen molar-refractivity contribution in [3.05, 3.63) is 11.8 Å². The Kier molecular flexibility index (Phi) is 11.9. The third-order valence-corrected chi connectivity index (χ3v) is 9.53. The van der Waals surface area contributed by atoms with Crippen molar-refractivity contribution in [2.45, 2.75) is 83.8 Å². The summed E-state index contributed by atoms with van der Waals surface area (Å²) in [5.74, 6) is 0. The van der Waals surface area contributed by atoms with E-state index in [-0.39, 0.29) is 0 Å². The maximum absolute atomic E-state index is 8.68.